The van der Waals surface area contributed by atoms with Gasteiger partial charge < -0.3 is 9.84 Å². The molecular formula is C25H40O2Si2. The van der Waals surface area contributed by atoms with Crippen molar-refractivity contribution in [1.29, 1.82) is 0 Å². The van der Waals surface area contributed by atoms with E-state index in [1.54, 1.807) is 7.11 Å². The molecule has 0 aliphatic heterocycles. The van der Waals surface area contributed by atoms with E-state index in [-0.39, 0.29) is 0 Å². The van der Waals surface area contributed by atoms with Crippen LogP contribution in [0.5, 0.6) is 11.5 Å². The SMILES string of the molecule is CC[Si](CC)(CC)c1cc(OC)cc(-c2cccc([Si](CC)(CC)CC)c2O)c1. The molecule has 2 aromatic rings. The largest absolute Gasteiger partial charge is 0.507 e. The van der Waals surface area contributed by atoms with Crippen LogP contribution in [0.2, 0.25) is 36.3 Å². The number of hydrogen-bond acceptors (Lipinski definition) is 2. The molecule has 2 aromatic carbocycles. The molecule has 0 radical (unpaired) electrons. The van der Waals surface area contributed by atoms with Crippen molar-refractivity contribution >= 4 is 26.5 Å². The Bertz CT molecular complexity index is 792. The summed E-state index contributed by atoms with van der Waals surface area (Å²) in [5, 5.41) is 14.1. The van der Waals surface area contributed by atoms with Gasteiger partial charge >= 0.3 is 0 Å². The summed E-state index contributed by atoms with van der Waals surface area (Å²) in [6.07, 6.45) is 0. The first kappa shape index (κ1) is 23.7. The maximum Gasteiger partial charge on any atom is 0.122 e. The van der Waals surface area contributed by atoms with Gasteiger partial charge in [-0.3, -0.25) is 0 Å². The predicted octanol–water partition coefficient (Wildman–Crippen LogP) is 6.50. The fraction of sp³-hybridized carbons (Fsp3) is 0.520. The molecule has 0 bridgehead atoms. The van der Waals surface area contributed by atoms with Crippen LogP contribution in [0.3, 0.4) is 0 Å². The Morgan fingerprint density at radius 3 is 1.79 bits per heavy atom. The molecule has 0 fully saturated rings. The van der Waals surface area contributed by atoms with Crippen molar-refractivity contribution in [3.8, 4) is 22.6 Å². The minimum atomic E-state index is -1.67. The normalized spacial score (nSPS) is 12.2. The van der Waals surface area contributed by atoms with Gasteiger partial charge in [0, 0.05) is 5.56 Å². The van der Waals surface area contributed by atoms with Crippen LogP contribution in [-0.2, 0) is 0 Å². The lowest BCUT2D eigenvalue weighted by molar-refractivity contribution is 0.415. The van der Waals surface area contributed by atoms with Gasteiger partial charge in [-0.15, -0.1) is 0 Å². The van der Waals surface area contributed by atoms with E-state index in [2.05, 4.69) is 77.9 Å². The molecule has 160 valence electrons. The van der Waals surface area contributed by atoms with Gasteiger partial charge in [-0.1, -0.05) is 107 Å². The molecule has 0 aliphatic carbocycles. The summed E-state index contributed by atoms with van der Waals surface area (Å²) in [5.41, 5.74) is 2.05. The highest BCUT2D eigenvalue weighted by molar-refractivity contribution is 6.92. The smallest absolute Gasteiger partial charge is 0.122 e. The van der Waals surface area contributed by atoms with Crippen molar-refractivity contribution in [2.24, 2.45) is 0 Å². The third-order valence-corrected chi connectivity index (χ3v) is 18.9. The van der Waals surface area contributed by atoms with Gasteiger partial charge in [0.2, 0.25) is 0 Å². The van der Waals surface area contributed by atoms with Gasteiger partial charge in [-0.2, -0.15) is 0 Å². The molecule has 0 amide bonds. The van der Waals surface area contributed by atoms with Gasteiger partial charge in [0.1, 0.15) is 11.5 Å². The van der Waals surface area contributed by atoms with E-state index in [4.69, 9.17) is 4.74 Å². The lowest BCUT2D eigenvalue weighted by Crippen LogP contribution is -2.46. The van der Waals surface area contributed by atoms with Gasteiger partial charge in [0.25, 0.3) is 0 Å². The van der Waals surface area contributed by atoms with Crippen molar-refractivity contribution < 1.29 is 9.84 Å². The maximum absolute atomic E-state index is 11.4. The van der Waals surface area contributed by atoms with Crippen LogP contribution in [0.15, 0.2) is 36.4 Å². The van der Waals surface area contributed by atoms with Gasteiger partial charge in [-0.25, -0.2) is 0 Å². The maximum atomic E-state index is 11.4. The second-order valence-electron chi connectivity index (χ2n) is 8.33. The standard InChI is InChI=1S/C25H40O2Si2/c1-8-28(9-2,10-3)22-18-20(17-21(19-22)27-7)23-15-14-16-24(25(23)26)29(11-4,12-5)13-6/h14-19,26H,8-13H2,1-7H3. The molecule has 4 heteroatoms. The average molecular weight is 429 g/mol. The summed E-state index contributed by atoms with van der Waals surface area (Å²) in [6.45, 7) is 13.9. The van der Waals surface area contributed by atoms with Gasteiger partial charge in [0.05, 0.1) is 23.3 Å². The summed E-state index contributed by atoms with van der Waals surface area (Å²) in [5.74, 6) is 1.40. The van der Waals surface area contributed by atoms with E-state index in [0.29, 0.717) is 5.75 Å². The number of methoxy groups -OCH3 is 1. The molecule has 0 aromatic heterocycles. The second kappa shape index (κ2) is 9.99. The monoisotopic (exact) mass is 428 g/mol. The lowest BCUT2D eigenvalue weighted by Gasteiger charge is -2.31. The van der Waals surface area contributed by atoms with E-state index in [0.717, 1.165) is 35.0 Å². The fourth-order valence-corrected chi connectivity index (χ4v) is 12.4. The van der Waals surface area contributed by atoms with Crippen molar-refractivity contribution in [3.63, 3.8) is 0 Å². The van der Waals surface area contributed by atoms with E-state index in [9.17, 15) is 5.11 Å². The average Bonchev–Trinajstić information content (AvgIpc) is 2.77. The lowest BCUT2D eigenvalue weighted by atomic mass is 10.0. The Balaban J connectivity index is 2.73. The summed E-state index contributed by atoms with van der Waals surface area (Å²) in [7, 11) is -1.47. The minimum Gasteiger partial charge on any atom is -0.507 e. The van der Waals surface area contributed by atoms with Crippen molar-refractivity contribution in [3.05, 3.63) is 36.4 Å². The first-order chi connectivity index (χ1) is 13.9. The van der Waals surface area contributed by atoms with Crippen molar-refractivity contribution in [2.75, 3.05) is 7.11 Å². The van der Waals surface area contributed by atoms with Crippen LogP contribution in [0.25, 0.3) is 11.1 Å². The van der Waals surface area contributed by atoms with Crippen LogP contribution in [-0.4, -0.2) is 28.4 Å². The van der Waals surface area contributed by atoms with Gasteiger partial charge in [0.15, 0.2) is 0 Å². The molecule has 0 unspecified atom stereocenters. The Hall–Kier alpha value is -1.53. The third kappa shape index (κ3) is 4.34. The number of rotatable bonds is 10. The Morgan fingerprint density at radius 1 is 0.759 bits per heavy atom. The Morgan fingerprint density at radius 2 is 1.31 bits per heavy atom. The molecule has 1 N–H and O–H groups in total. The Labute approximate surface area is 180 Å². The molecule has 0 saturated carbocycles. The molecule has 2 rings (SSSR count). The van der Waals surface area contributed by atoms with E-state index >= 15 is 0 Å². The molecule has 0 spiro atoms. The molecule has 0 saturated heterocycles. The zero-order valence-electron chi connectivity index (χ0n) is 19.6. The number of phenolic OH excluding ortho intramolecular Hbond substituents is 1. The van der Waals surface area contributed by atoms with Crippen LogP contribution >= 0.6 is 0 Å². The van der Waals surface area contributed by atoms with Gasteiger partial charge in [-0.05, 0) is 22.9 Å². The molecular weight excluding hydrogens is 388 g/mol. The highest BCUT2D eigenvalue weighted by Gasteiger charge is 2.33. The Kier molecular flexibility index (Phi) is 8.18. The highest BCUT2D eigenvalue weighted by Crippen LogP contribution is 2.34. The number of phenols is 1. The third-order valence-electron chi connectivity index (χ3n) is 7.73. The second-order valence-corrected chi connectivity index (χ2v) is 18.8. The summed E-state index contributed by atoms with van der Waals surface area (Å²) in [4.78, 5) is 0. The summed E-state index contributed by atoms with van der Waals surface area (Å²) in [6, 6.07) is 20.3. The number of aromatic hydroxyl groups is 1. The van der Waals surface area contributed by atoms with Crippen LogP contribution in [0.1, 0.15) is 41.5 Å². The molecule has 2 nitrogen and oxygen atoms in total. The van der Waals surface area contributed by atoms with Crippen molar-refractivity contribution in [2.45, 2.75) is 77.8 Å². The van der Waals surface area contributed by atoms with E-state index in [1.165, 1.54) is 28.5 Å². The molecule has 0 atom stereocenters. The summed E-state index contributed by atoms with van der Waals surface area (Å²) < 4.78 is 5.70. The minimum absolute atomic E-state index is 0.501. The molecule has 0 heterocycles. The molecule has 29 heavy (non-hydrogen) atoms. The topological polar surface area (TPSA) is 29.5 Å². The quantitative estimate of drug-likeness (QED) is 0.438. The number of para-hydroxylation sites is 1. The molecule has 0 aliphatic rings. The van der Waals surface area contributed by atoms with E-state index in [1.807, 2.05) is 0 Å². The predicted molar refractivity (Wildman–Crippen MR) is 134 cm³/mol. The zero-order valence-corrected chi connectivity index (χ0v) is 21.6. The summed E-state index contributed by atoms with van der Waals surface area (Å²) >= 11 is 0. The first-order valence-corrected chi connectivity index (χ1v) is 16.7. The van der Waals surface area contributed by atoms with E-state index < -0.39 is 16.1 Å². The zero-order chi connectivity index (χ0) is 21.7. The van der Waals surface area contributed by atoms with Crippen LogP contribution in [0.4, 0.5) is 0 Å². The highest BCUT2D eigenvalue weighted by atomic mass is 28.3. The number of ether oxygens (including phenoxy) is 1. The number of hydrogen-bond donors (Lipinski definition) is 1. The first-order valence-electron chi connectivity index (χ1n) is 11.4. The van der Waals surface area contributed by atoms with Crippen LogP contribution < -0.4 is 15.1 Å². The van der Waals surface area contributed by atoms with Crippen LogP contribution in [0, 0.1) is 0 Å². The van der Waals surface area contributed by atoms with Crippen molar-refractivity contribution in [1.82, 2.24) is 0 Å². The number of benzene rings is 2. The fourth-order valence-electron chi connectivity index (χ4n) is 5.07.